The largest absolute Gasteiger partial charge is 0.454 e. The van der Waals surface area contributed by atoms with Crippen LogP contribution in [0.15, 0.2) is 12.1 Å². The van der Waals surface area contributed by atoms with E-state index in [2.05, 4.69) is 9.80 Å². The molecule has 3 aliphatic rings. The number of morpholine rings is 1. The molecular formula is C18H25ClN2O4. The highest BCUT2D eigenvalue weighted by atomic mass is 35.5. The number of fused-ring (bicyclic) bond motifs is 1. The Labute approximate surface area is 153 Å². The fourth-order valence-corrected chi connectivity index (χ4v) is 4.23. The summed E-state index contributed by atoms with van der Waals surface area (Å²) >= 11 is 6.41. The number of hydrogen-bond donors (Lipinski definition) is 1. The monoisotopic (exact) mass is 368 g/mol. The number of halogens is 1. The fourth-order valence-electron chi connectivity index (χ4n) is 4.02. The molecule has 138 valence electrons. The number of rotatable bonds is 5. The highest BCUT2D eigenvalue weighted by molar-refractivity contribution is 6.31. The lowest BCUT2D eigenvalue weighted by Crippen LogP contribution is -2.41. The predicted molar refractivity (Wildman–Crippen MR) is 94.2 cm³/mol. The molecule has 25 heavy (non-hydrogen) atoms. The molecule has 3 heterocycles. The summed E-state index contributed by atoms with van der Waals surface area (Å²) in [7, 11) is 0. The Morgan fingerprint density at radius 1 is 1.04 bits per heavy atom. The average Bonchev–Trinajstić information content (AvgIpc) is 3.22. The van der Waals surface area contributed by atoms with Crippen molar-refractivity contribution in [3.63, 3.8) is 0 Å². The van der Waals surface area contributed by atoms with Crippen molar-refractivity contribution in [1.29, 1.82) is 0 Å². The van der Waals surface area contributed by atoms with E-state index in [-0.39, 0.29) is 13.4 Å². The second-order valence-corrected chi connectivity index (χ2v) is 7.51. The zero-order chi connectivity index (χ0) is 17.2. The maximum Gasteiger partial charge on any atom is 0.231 e. The lowest BCUT2D eigenvalue weighted by atomic mass is 9.96. The van der Waals surface area contributed by atoms with Crippen LogP contribution in [-0.2, 0) is 11.3 Å². The van der Waals surface area contributed by atoms with Gasteiger partial charge in [-0.25, -0.2) is 0 Å². The van der Waals surface area contributed by atoms with Gasteiger partial charge in [0.25, 0.3) is 0 Å². The van der Waals surface area contributed by atoms with Crippen LogP contribution in [-0.4, -0.2) is 74.2 Å². The van der Waals surface area contributed by atoms with Gasteiger partial charge in [-0.2, -0.15) is 0 Å². The molecule has 0 unspecified atom stereocenters. The lowest BCUT2D eigenvalue weighted by molar-refractivity contribution is 0.0264. The molecule has 1 aromatic carbocycles. The first-order valence-electron chi connectivity index (χ1n) is 8.94. The van der Waals surface area contributed by atoms with Crippen LogP contribution in [0.1, 0.15) is 5.56 Å². The summed E-state index contributed by atoms with van der Waals surface area (Å²) in [4.78, 5) is 4.84. The first-order chi connectivity index (χ1) is 12.2. The van der Waals surface area contributed by atoms with E-state index in [1.54, 1.807) is 0 Å². The van der Waals surface area contributed by atoms with Crippen LogP contribution in [0.5, 0.6) is 11.5 Å². The maximum absolute atomic E-state index is 9.80. The Hall–Kier alpha value is -1.05. The minimum absolute atomic E-state index is 0.236. The van der Waals surface area contributed by atoms with Gasteiger partial charge in [-0.05, 0) is 23.5 Å². The van der Waals surface area contributed by atoms with Gasteiger partial charge in [0.15, 0.2) is 11.5 Å². The molecule has 2 fully saturated rings. The van der Waals surface area contributed by atoms with E-state index in [1.165, 1.54) is 0 Å². The molecular weight excluding hydrogens is 344 g/mol. The van der Waals surface area contributed by atoms with Crippen molar-refractivity contribution in [3.8, 4) is 11.5 Å². The molecule has 0 aromatic heterocycles. The molecule has 0 saturated carbocycles. The van der Waals surface area contributed by atoms with E-state index in [1.807, 2.05) is 12.1 Å². The minimum atomic E-state index is 0.236. The van der Waals surface area contributed by atoms with Gasteiger partial charge in [-0.1, -0.05) is 11.6 Å². The van der Waals surface area contributed by atoms with Crippen molar-refractivity contribution in [3.05, 3.63) is 22.7 Å². The normalized spacial score (nSPS) is 27.1. The molecule has 7 heteroatoms. The van der Waals surface area contributed by atoms with Crippen LogP contribution >= 0.6 is 11.6 Å². The number of nitrogens with zero attached hydrogens (tertiary/aromatic N) is 2. The van der Waals surface area contributed by atoms with Gasteiger partial charge < -0.3 is 19.3 Å². The van der Waals surface area contributed by atoms with E-state index >= 15 is 0 Å². The van der Waals surface area contributed by atoms with E-state index in [0.717, 1.165) is 63.8 Å². The lowest BCUT2D eigenvalue weighted by Gasteiger charge is -2.30. The Balaban J connectivity index is 1.40. The summed E-state index contributed by atoms with van der Waals surface area (Å²) in [5.74, 6) is 2.28. The highest BCUT2D eigenvalue weighted by Gasteiger charge is 2.34. The first kappa shape index (κ1) is 17.4. The van der Waals surface area contributed by atoms with Crippen molar-refractivity contribution >= 4 is 11.6 Å². The van der Waals surface area contributed by atoms with Gasteiger partial charge in [0, 0.05) is 57.0 Å². The molecule has 3 aliphatic heterocycles. The third-order valence-corrected chi connectivity index (χ3v) is 5.77. The molecule has 0 aliphatic carbocycles. The van der Waals surface area contributed by atoms with Crippen LogP contribution in [0.2, 0.25) is 5.02 Å². The smallest absolute Gasteiger partial charge is 0.231 e. The fraction of sp³-hybridized carbons (Fsp3) is 0.667. The van der Waals surface area contributed by atoms with Gasteiger partial charge in [0.1, 0.15) is 0 Å². The molecule has 2 saturated heterocycles. The van der Waals surface area contributed by atoms with E-state index in [4.69, 9.17) is 25.8 Å². The van der Waals surface area contributed by atoms with Gasteiger partial charge in [-0.3, -0.25) is 9.80 Å². The second-order valence-electron chi connectivity index (χ2n) is 7.11. The Morgan fingerprint density at radius 2 is 1.76 bits per heavy atom. The highest BCUT2D eigenvalue weighted by Crippen LogP contribution is 2.38. The Kier molecular flexibility index (Phi) is 5.33. The topological polar surface area (TPSA) is 54.4 Å². The average molecular weight is 369 g/mol. The third kappa shape index (κ3) is 3.88. The van der Waals surface area contributed by atoms with Crippen molar-refractivity contribution < 1.29 is 19.3 Å². The number of ether oxygens (including phenoxy) is 3. The summed E-state index contributed by atoms with van der Waals surface area (Å²) in [5, 5.41) is 10.5. The maximum atomic E-state index is 9.80. The van der Waals surface area contributed by atoms with Crippen molar-refractivity contribution in [2.45, 2.75) is 6.54 Å². The summed E-state index contributed by atoms with van der Waals surface area (Å²) in [5.41, 5.74) is 1.05. The van der Waals surface area contributed by atoms with E-state index in [9.17, 15) is 5.11 Å². The van der Waals surface area contributed by atoms with E-state index < -0.39 is 0 Å². The van der Waals surface area contributed by atoms with Gasteiger partial charge in [0.05, 0.1) is 13.2 Å². The van der Waals surface area contributed by atoms with E-state index in [0.29, 0.717) is 22.6 Å². The number of aliphatic hydroxyl groups is 1. The molecule has 4 rings (SSSR count). The Bertz CT molecular complexity index is 609. The quantitative estimate of drug-likeness (QED) is 0.848. The molecule has 2 atom stereocenters. The van der Waals surface area contributed by atoms with Gasteiger partial charge in [0.2, 0.25) is 6.79 Å². The van der Waals surface area contributed by atoms with Crippen molar-refractivity contribution in [2.24, 2.45) is 11.8 Å². The number of hydrogen-bond acceptors (Lipinski definition) is 6. The molecule has 0 bridgehead atoms. The van der Waals surface area contributed by atoms with Crippen LogP contribution in [0.4, 0.5) is 0 Å². The van der Waals surface area contributed by atoms with Gasteiger partial charge in [-0.15, -0.1) is 0 Å². The van der Waals surface area contributed by atoms with Crippen LogP contribution < -0.4 is 9.47 Å². The standard InChI is InChI=1S/C18H25ClN2O4/c19-16-6-18-17(24-12-25-18)5-13(16)7-21-9-14(15(10-21)11-22)8-20-1-3-23-4-2-20/h5-6,14-15,22H,1-4,7-12H2/t14-,15-/m1/s1. The summed E-state index contributed by atoms with van der Waals surface area (Å²) < 4.78 is 16.3. The molecule has 0 amide bonds. The summed E-state index contributed by atoms with van der Waals surface area (Å²) in [6.45, 7) is 7.77. The molecule has 0 radical (unpaired) electrons. The number of likely N-dealkylation sites (tertiary alicyclic amines) is 1. The van der Waals surface area contributed by atoms with Crippen molar-refractivity contribution in [1.82, 2.24) is 9.80 Å². The second kappa shape index (κ2) is 7.68. The number of aliphatic hydroxyl groups excluding tert-OH is 1. The van der Waals surface area contributed by atoms with Crippen molar-refractivity contribution in [2.75, 3.05) is 59.3 Å². The first-order valence-corrected chi connectivity index (χ1v) is 9.32. The van der Waals surface area contributed by atoms with Crippen LogP contribution in [0.3, 0.4) is 0 Å². The van der Waals surface area contributed by atoms with Crippen LogP contribution in [0.25, 0.3) is 0 Å². The third-order valence-electron chi connectivity index (χ3n) is 5.42. The SMILES string of the molecule is OC[C@H]1CN(Cc2cc3c(cc2Cl)OCO3)C[C@H]1CN1CCOCC1. The minimum Gasteiger partial charge on any atom is -0.454 e. The zero-order valence-electron chi connectivity index (χ0n) is 14.3. The number of benzene rings is 1. The molecule has 1 N–H and O–H groups in total. The molecule has 0 spiro atoms. The predicted octanol–water partition coefficient (Wildman–Crippen LogP) is 1.44. The van der Waals surface area contributed by atoms with Crippen LogP contribution in [0, 0.1) is 11.8 Å². The summed E-state index contributed by atoms with van der Waals surface area (Å²) in [6, 6.07) is 3.82. The van der Waals surface area contributed by atoms with Gasteiger partial charge >= 0.3 is 0 Å². The molecule has 6 nitrogen and oxygen atoms in total. The Morgan fingerprint density at radius 3 is 2.52 bits per heavy atom. The summed E-state index contributed by atoms with van der Waals surface area (Å²) in [6.07, 6.45) is 0. The zero-order valence-corrected chi connectivity index (χ0v) is 15.1. The molecule has 1 aromatic rings.